The van der Waals surface area contributed by atoms with Crippen molar-refractivity contribution in [1.82, 2.24) is 18.3 Å². The van der Waals surface area contributed by atoms with Gasteiger partial charge in [0.25, 0.3) is 0 Å². The highest BCUT2D eigenvalue weighted by atomic mass is 15.0. The highest BCUT2D eigenvalue weighted by Crippen LogP contribution is 2.42. The SMILES string of the molecule is C#C/C=C(\C=C/C)n1c2ccc3cc2c2cc(ccc21)c1ccc2c(c1)c1cc(ccc1n2-c1ccccc1)c1ccc2c(c1)c1cc(ccc1n2-c1ccccc1)c1ccc2c(c1)c1cc3ccc1n2-c1ccccc1. The van der Waals surface area contributed by atoms with E-state index < -0.39 is 0 Å². The average molecular weight is 979 g/mol. The Labute approximate surface area is 443 Å². The van der Waals surface area contributed by atoms with Crippen LogP contribution in [0.15, 0.2) is 255 Å². The molecule has 0 saturated heterocycles. The van der Waals surface area contributed by atoms with Gasteiger partial charge in [-0.25, -0.2) is 0 Å². The van der Waals surface area contributed by atoms with Crippen molar-refractivity contribution in [2.24, 2.45) is 0 Å². The molecule has 0 aliphatic carbocycles. The maximum Gasteiger partial charge on any atom is 0.0542 e. The van der Waals surface area contributed by atoms with Crippen molar-refractivity contribution < 1.29 is 0 Å². The fourth-order valence-electron chi connectivity index (χ4n) is 12.8. The molecule has 0 aliphatic heterocycles. The molecule has 0 unspecified atom stereocenters. The Morgan fingerprint density at radius 3 is 0.779 bits per heavy atom. The molecule has 4 heterocycles. The highest BCUT2D eigenvalue weighted by Gasteiger charge is 2.19. The molecule has 16 rings (SSSR count). The minimum absolute atomic E-state index is 0.944. The summed E-state index contributed by atoms with van der Waals surface area (Å²) in [4.78, 5) is 0. The molecular formula is C73H46N4. The highest BCUT2D eigenvalue weighted by molar-refractivity contribution is 6.20. The van der Waals surface area contributed by atoms with Gasteiger partial charge < -0.3 is 18.3 Å². The van der Waals surface area contributed by atoms with Crippen molar-refractivity contribution in [3.8, 4) is 29.4 Å². The minimum Gasteiger partial charge on any atom is -0.309 e. The van der Waals surface area contributed by atoms with Crippen LogP contribution >= 0.6 is 0 Å². The van der Waals surface area contributed by atoms with Gasteiger partial charge in [-0.05, 0) is 190 Å². The summed E-state index contributed by atoms with van der Waals surface area (Å²) in [6, 6.07) is 88.2. The number of allylic oxidation sites excluding steroid dienone is 4. The van der Waals surface area contributed by atoms with Crippen LogP contribution < -0.4 is 0 Å². The van der Waals surface area contributed by atoms with E-state index in [0.717, 1.165) is 77.1 Å². The Balaban J connectivity index is 1.08. The third-order valence-electron chi connectivity index (χ3n) is 16.3. The van der Waals surface area contributed by atoms with Crippen molar-refractivity contribution in [2.75, 3.05) is 0 Å². The lowest BCUT2D eigenvalue weighted by atomic mass is 10.0. The summed E-state index contributed by atoms with van der Waals surface area (Å²) in [5.74, 6) is 2.84. The first-order chi connectivity index (χ1) is 38.1. The Morgan fingerprint density at radius 2 is 0.545 bits per heavy atom. The first-order valence-electron chi connectivity index (χ1n) is 26.4. The third-order valence-corrected chi connectivity index (χ3v) is 16.3. The summed E-state index contributed by atoms with van der Waals surface area (Å²) in [6.45, 7) is 2.04. The largest absolute Gasteiger partial charge is 0.309 e. The molecule has 16 bridgehead atoms. The van der Waals surface area contributed by atoms with Gasteiger partial charge >= 0.3 is 0 Å². The van der Waals surface area contributed by atoms with Gasteiger partial charge in [0.15, 0.2) is 0 Å². The number of benzene rings is 11. The summed E-state index contributed by atoms with van der Waals surface area (Å²) >= 11 is 0. The van der Waals surface area contributed by atoms with Crippen molar-refractivity contribution in [3.05, 3.63) is 255 Å². The molecular weight excluding hydrogens is 933 g/mol. The zero-order valence-electron chi connectivity index (χ0n) is 42.1. The Kier molecular flexibility index (Phi) is 9.28. The van der Waals surface area contributed by atoms with Gasteiger partial charge in [0.2, 0.25) is 0 Å². The molecule has 0 N–H and O–H groups in total. The van der Waals surface area contributed by atoms with Crippen LogP contribution in [0.4, 0.5) is 0 Å². The lowest BCUT2D eigenvalue weighted by Gasteiger charge is -2.08. The van der Waals surface area contributed by atoms with Gasteiger partial charge in [0.05, 0.1) is 49.8 Å². The number of aromatic nitrogens is 4. The normalized spacial score (nSPS) is 12.5. The van der Waals surface area contributed by atoms with E-state index in [1.807, 2.05) is 13.0 Å². The van der Waals surface area contributed by atoms with Gasteiger partial charge in [0, 0.05) is 66.2 Å². The number of para-hydroxylation sites is 3. The van der Waals surface area contributed by atoms with E-state index >= 15 is 0 Å². The molecule has 0 aliphatic rings. The monoisotopic (exact) mass is 978 g/mol. The lowest BCUT2D eigenvalue weighted by molar-refractivity contribution is 1.18. The van der Waals surface area contributed by atoms with Gasteiger partial charge in [-0.2, -0.15) is 0 Å². The van der Waals surface area contributed by atoms with Gasteiger partial charge in [-0.1, -0.05) is 115 Å². The molecule has 12 aromatic carbocycles. The fourth-order valence-corrected chi connectivity index (χ4v) is 12.8. The molecule has 77 heavy (non-hydrogen) atoms. The quantitative estimate of drug-likeness (QED) is 0.121. The van der Waals surface area contributed by atoms with Crippen LogP contribution in [0.2, 0.25) is 0 Å². The topological polar surface area (TPSA) is 19.7 Å². The maximum absolute atomic E-state index is 6.04. The molecule has 358 valence electrons. The molecule has 0 radical (unpaired) electrons. The Morgan fingerprint density at radius 1 is 0.312 bits per heavy atom. The lowest BCUT2D eigenvalue weighted by Crippen LogP contribution is -1.94. The molecule has 0 atom stereocenters. The van der Waals surface area contributed by atoms with Crippen molar-refractivity contribution >= 4 is 136 Å². The fraction of sp³-hybridized carbons (Fsp3) is 0.0137. The van der Waals surface area contributed by atoms with E-state index in [4.69, 9.17) is 6.42 Å². The van der Waals surface area contributed by atoms with E-state index in [1.165, 1.54) is 75.9 Å². The maximum atomic E-state index is 6.04. The molecule has 0 amide bonds. The van der Waals surface area contributed by atoms with Crippen LogP contribution in [0, 0.1) is 12.3 Å². The van der Waals surface area contributed by atoms with Crippen LogP contribution in [0.5, 0.6) is 0 Å². The van der Waals surface area contributed by atoms with Crippen molar-refractivity contribution in [2.45, 2.75) is 6.92 Å². The Hall–Kier alpha value is -10.3. The average Bonchev–Trinajstić information content (AvgIpc) is 4.25. The first kappa shape index (κ1) is 43.1. The summed E-state index contributed by atoms with van der Waals surface area (Å²) in [5, 5.41) is 18.9. The van der Waals surface area contributed by atoms with Crippen LogP contribution in [0.3, 0.4) is 0 Å². The third kappa shape index (κ3) is 6.42. The zero-order chi connectivity index (χ0) is 50.9. The summed E-state index contributed by atoms with van der Waals surface area (Å²) in [7, 11) is 0. The molecule has 4 aromatic heterocycles. The van der Waals surface area contributed by atoms with E-state index in [-0.39, 0.29) is 0 Å². The molecule has 0 fully saturated rings. The van der Waals surface area contributed by atoms with Crippen LogP contribution in [-0.4, -0.2) is 18.3 Å². The van der Waals surface area contributed by atoms with Crippen LogP contribution in [0.25, 0.3) is 153 Å². The number of fused-ring (bicyclic) bond motifs is 12. The van der Waals surface area contributed by atoms with Gasteiger partial charge in [0.1, 0.15) is 0 Å². The number of hydrogen-bond donors (Lipinski definition) is 0. The second-order valence-corrected chi connectivity index (χ2v) is 20.4. The van der Waals surface area contributed by atoms with E-state index in [0.29, 0.717) is 0 Å². The van der Waals surface area contributed by atoms with Gasteiger partial charge in [-0.3, -0.25) is 0 Å². The standard InChI is InChI=1S/C73H46N4/c1-3-14-54(15-4-2)74-66-30-22-46-38-58(66)59-39-47(23-31-67(59)74)49-25-33-69-61(41-49)63-43-51(27-35-71(63)76(69)56-18-10-6-11-19-56)53-29-37-73-65(45-53)64-44-52(28-36-72(64)77(73)57-20-12-7-13-21-57)50-26-34-70-62(42-50)60-40-48(46)24-32-68(60)75(70)55-16-8-5-9-17-55/h1,4-45H,2H3/b15-4-,54-14+. The van der Waals surface area contributed by atoms with Gasteiger partial charge in [-0.15, -0.1) is 6.42 Å². The number of terminal acetylenes is 1. The summed E-state index contributed by atoms with van der Waals surface area (Å²) in [5.41, 5.74) is 13.6. The second kappa shape index (κ2) is 16.6. The van der Waals surface area contributed by atoms with Crippen LogP contribution in [0.1, 0.15) is 6.92 Å². The smallest absolute Gasteiger partial charge is 0.0542 e. The van der Waals surface area contributed by atoms with E-state index in [9.17, 15) is 0 Å². The zero-order valence-corrected chi connectivity index (χ0v) is 42.1. The van der Waals surface area contributed by atoms with Crippen LogP contribution in [-0.2, 0) is 0 Å². The van der Waals surface area contributed by atoms with E-state index in [2.05, 4.69) is 273 Å². The summed E-state index contributed by atoms with van der Waals surface area (Å²) < 4.78 is 9.56. The number of hydrogen-bond acceptors (Lipinski definition) is 0. The summed E-state index contributed by atoms with van der Waals surface area (Å²) in [6.07, 6.45) is 12.1. The first-order valence-corrected chi connectivity index (χ1v) is 26.4. The van der Waals surface area contributed by atoms with E-state index in [1.54, 1.807) is 0 Å². The minimum atomic E-state index is 0.944. The van der Waals surface area contributed by atoms with Crippen molar-refractivity contribution in [1.29, 1.82) is 0 Å². The Bertz CT molecular complexity index is 5030. The number of nitrogens with zero attached hydrogens (tertiary/aromatic N) is 4. The predicted molar refractivity (Wildman–Crippen MR) is 329 cm³/mol. The second-order valence-electron chi connectivity index (χ2n) is 20.4. The predicted octanol–water partition coefficient (Wildman–Crippen LogP) is 19.3. The molecule has 0 spiro atoms. The molecule has 4 nitrogen and oxygen atoms in total. The molecule has 0 saturated carbocycles. The molecule has 4 heteroatoms. The molecule has 16 aromatic rings. The van der Waals surface area contributed by atoms with Crippen molar-refractivity contribution in [3.63, 3.8) is 0 Å². The number of rotatable bonds is 5.